The average molecular weight is 336 g/mol. The number of carbonyl (C=O) groups excluding carboxylic acids is 1. The molecule has 4 aromatic rings. The van der Waals surface area contributed by atoms with Crippen LogP contribution < -0.4 is 0 Å². The van der Waals surface area contributed by atoms with Crippen LogP contribution in [-0.4, -0.2) is 15.8 Å². The van der Waals surface area contributed by atoms with E-state index in [1.807, 2.05) is 72.8 Å². The summed E-state index contributed by atoms with van der Waals surface area (Å²) in [4.78, 5) is 21.6. The predicted octanol–water partition coefficient (Wildman–Crippen LogP) is 5.19. The third-order valence-electron chi connectivity index (χ3n) is 4.20. The maximum atomic E-state index is 12.9. The maximum absolute atomic E-state index is 12.9. The van der Waals surface area contributed by atoms with Crippen molar-refractivity contribution >= 4 is 22.8 Å². The summed E-state index contributed by atoms with van der Waals surface area (Å²) in [6.45, 7) is 0. The summed E-state index contributed by atoms with van der Waals surface area (Å²) in [5, 5.41) is 0.968. The highest BCUT2D eigenvalue weighted by Crippen LogP contribution is 2.31. The Morgan fingerprint density at radius 2 is 1.58 bits per heavy atom. The molecule has 0 aliphatic heterocycles. The molecule has 2 heterocycles. The average Bonchev–Trinajstić information content (AvgIpc) is 2.72. The first-order valence-electron chi connectivity index (χ1n) is 8.39. The van der Waals surface area contributed by atoms with Crippen LogP contribution in [0.3, 0.4) is 0 Å². The van der Waals surface area contributed by atoms with Gasteiger partial charge in [-0.15, -0.1) is 0 Å². The maximum Gasteiger partial charge on any atom is 0.188 e. The van der Waals surface area contributed by atoms with E-state index in [2.05, 4.69) is 9.97 Å². The zero-order valence-corrected chi connectivity index (χ0v) is 14.0. The van der Waals surface area contributed by atoms with Crippen molar-refractivity contribution in [1.29, 1.82) is 0 Å². The van der Waals surface area contributed by atoms with E-state index in [-0.39, 0.29) is 5.78 Å². The number of benzene rings is 2. The van der Waals surface area contributed by atoms with Gasteiger partial charge in [0.05, 0.1) is 11.2 Å². The molecule has 0 unspecified atom stereocenters. The molecule has 3 heteroatoms. The number of aromatic nitrogens is 2. The van der Waals surface area contributed by atoms with Crippen LogP contribution in [0.15, 0.2) is 91.3 Å². The molecule has 2 aromatic carbocycles. The minimum Gasteiger partial charge on any atom is -0.289 e. The molecule has 0 bridgehead atoms. The number of carbonyl (C=O) groups is 1. The summed E-state index contributed by atoms with van der Waals surface area (Å²) < 4.78 is 0. The van der Waals surface area contributed by atoms with Crippen LogP contribution >= 0.6 is 0 Å². The Kier molecular flexibility index (Phi) is 4.35. The molecule has 0 radical (unpaired) electrons. The number of hydrogen-bond acceptors (Lipinski definition) is 3. The predicted molar refractivity (Wildman–Crippen MR) is 105 cm³/mol. The Morgan fingerprint density at radius 3 is 2.38 bits per heavy atom. The van der Waals surface area contributed by atoms with Gasteiger partial charge in [0.15, 0.2) is 5.78 Å². The van der Waals surface area contributed by atoms with Crippen LogP contribution in [0.5, 0.6) is 0 Å². The van der Waals surface area contributed by atoms with E-state index in [4.69, 9.17) is 0 Å². The molecule has 2 aromatic heterocycles. The van der Waals surface area contributed by atoms with Gasteiger partial charge in [-0.25, -0.2) is 0 Å². The lowest BCUT2D eigenvalue weighted by molar-refractivity contribution is 0.104. The first-order chi connectivity index (χ1) is 12.8. The quantitative estimate of drug-likeness (QED) is 0.380. The number of rotatable bonds is 4. The van der Waals surface area contributed by atoms with Crippen molar-refractivity contribution in [2.75, 3.05) is 0 Å². The van der Waals surface area contributed by atoms with E-state index in [0.717, 1.165) is 27.7 Å². The highest BCUT2D eigenvalue weighted by Gasteiger charge is 2.15. The summed E-state index contributed by atoms with van der Waals surface area (Å²) in [5.41, 5.74) is 4.11. The van der Waals surface area contributed by atoms with Gasteiger partial charge < -0.3 is 0 Å². The summed E-state index contributed by atoms with van der Waals surface area (Å²) in [7, 11) is 0. The number of nitrogens with zero attached hydrogens (tertiary/aromatic N) is 2. The van der Waals surface area contributed by atoms with Crippen LogP contribution in [-0.2, 0) is 0 Å². The summed E-state index contributed by atoms with van der Waals surface area (Å²) >= 11 is 0. The van der Waals surface area contributed by atoms with Crippen molar-refractivity contribution in [3.05, 3.63) is 103 Å². The molecule has 4 rings (SSSR count). The van der Waals surface area contributed by atoms with Gasteiger partial charge in [0.25, 0.3) is 0 Å². The minimum atomic E-state index is -0.0900. The van der Waals surface area contributed by atoms with E-state index in [1.54, 1.807) is 24.5 Å². The van der Waals surface area contributed by atoms with Gasteiger partial charge in [0.2, 0.25) is 0 Å². The molecule has 0 fully saturated rings. The Labute approximate surface area is 151 Å². The molecule has 0 N–H and O–H groups in total. The Balaban J connectivity index is 1.84. The lowest BCUT2D eigenvalue weighted by atomic mass is 9.94. The second kappa shape index (κ2) is 7.11. The molecule has 26 heavy (non-hydrogen) atoms. The van der Waals surface area contributed by atoms with Gasteiger partial charge in [-0.3, -0.25) is 14.8 Å². The minimum absolute atomic E-state index is 0.0900. The number of hydrogen-bond donors (Lipinski definition) is 0. The van der Waals surface area contributed by atoms with Gasteiger partial charge >= 0.3 is 0 Å². The third-order valence-corrected chi connectivity index (χ3v) is 4.20. The SMILES string of the molecule is O=C(/C=C/c1ccccn1)c1cnc2ccccc2c1-c1ccccc1. The number of para-hydroxylation sites is 1. The van der Waals surface area contributed by atoms with Gasteiger partial charge in [0.1, 0.15) is 0 Å². The van der Waals surface area contributed by atoms with Crippen LogP contribution in [0, 0.1) is 0 Å². The zero-order chi connectivity index (χ0) is 17.8. The van der Waals surface area contributed by atoms with Gasteiger partial charge in [-0.05, 0) is 35.9 Å². The Bertz CT molecular complexity index is 1090. The Hall–Kier alpha value is -3.59. The molecular formula is C23H16N2O. The van der Waals surface area contributed by atoms with E-state index >= 15 is 0 Å². The smallest absolute Gasteiger partial charge is 0.188 e. The number of ketones is 1. The Morgan fingerprint density at radius 1 is 0.808 bits per heavy atom. The zero-order valence-electron chi connectivity index (χ0n) is 14.0. The second-order valence-electron chi connectivity index (χ2n) is 5.88. The molecule has 124 valence electrons. The largest absolute Gasteiger partial charge is 0.289 e. The van der Waals surface area contributed by atoms with Gasteiger partial charge in [0, 0.05) is 28.9 Å². The van der Waals surface area contributed by atoms with Crippen molar-refractivity contribution in [3.8, 4) is 11.1 Å². The van der Waals surface area contributed by atoms with Gasteiger partial charge in [-0.1, -0.05) is 54.6 Å². The molecule has 0 spiro atoms. The summed E-state index contributed by atoms with van der Waals surface area (Å²) in [6.07, 6.45) is 6.65. The van der Waals surface area contributed by atoms with Crippen molar-refractivity contribution in [2.24, 2.45) is 0 Å². The topological polar surface area (TPSA) is 42.9 Å². The summed E-state index contributed by atoms with van der Waals surface area (Å²) in [5.74, 6) is -0.0900. The third kappa shape index (κ3) is 3.15. The van der Waals surface area contributed by atoms with Crippen LogP contribution in [0.1, 0.15) is 16.1 Å². The van der Waals surface area contributed by atoms with E-state index < -0.39 is 0 Å². The van der Waals surface area contributed by atoms with Crippen molar-refractivity contribution in [2.45, 2.75) is 0 Å². The lowest BCUT2D eigenvalue weighted by Crippen LogP contribution is -2.00. The number of allylic oxidation sites excluding steroid dienone is 1. The fraction of sp³-hybridized carbons (Fsp3) is 0. The molecule has 0 aliphatic carbocycles. The van der Waals surface area contributed by atoms with Gasteiger partial charge in [-0.2, -0.15) is 0 Å². The molecule has 3 nitrogen and oxygen atoms in total. The molecule has 0 aliphatic rings. The van der Waals surface area contributed by atoms with E-state index in [0.29, 0.717) is 5.56 Å². The fourth-order valence-corrected chi connectivity index (χ4v) is 2.97. The first-order valence-corrected chi connectivity index (χ1v) is 8.39. The molecule has 0 saturated heterocycles. The van der Waals surface area contributed by atoms with Crippen LogP contribution in [0.4, 0.5) is 0 Å². The standard InChI is InChI=1S/C23H16N2O/c26-22(14-13-18-10-6-7-15-24-18)20-16-25-21-12-5-4-11-19(21)23(20)17-8-2-1-3-9-17/h1-16H/b14-13+. The highest BCUT2D eigenvalue weighted by molar-refractivity contribution is 6.15. The molecular weight excluding hydrogens is 320 g/mol. The van der Waals surface area contributed by atoms with Crippen LogP contribution in [0.2, 0.25) is 0 Å². The van der Waals surface area contributed by atoms with E-state index in [9.17, 15) is 4.79 Å². The van der Waals surface area contributed by atoms with Crippen LogP contribution in [0.25, 0.3) is 28.1 Å². The van der Waals surface area contributed by atoms with Crippen molar-refractivity contribution in [3.63, 3.8) is 0 Å². The fourth-order valence-electron chi connectivity index (χ4n) is 2.97. The molecule has 0 amide bonds. The second-order valence-corrected chi connectivity index (χ2v) is 5.88. The van der Waals surface area contributed by atoms with Crippen molar-refractivity contribution < 1.29 is 4.79 Å². The number of pyridine rings is 2. The lowest BCUT2D eigenvalue weighted by Gasteiger charge is -2.11. The monoisotopic (exact) mass is 336 g/mol. The summed E-state index contributed by atoms with van der Waals surface area (Å²) in [6, 6.07) is 23.4. The highest BCUT2D eigenvalue weighted by atomic mass is 16.1. The normalized spacial score (nSPS) is 11.1. The van der Waals surface area contributed by atoms with Crippen molar-refractivity contribution in [1.82, 2.24) is 9.97 Å². The van der Waals surface area contributed by atoms with E-state index in [1.165, 1.54) is 0 Å². The molecule has 0 atom stereocenters. The number of fused-ring (bicyclic) bond motifs is 1. The molecule has 0 saturated carbocycles. The first kappa shape index (κ1) is 15.9.